The summed E-state index contributed by atoms with van der Waals surface area (Å²) in [4.78, 5) is 118. The summed E-state index contributed by atoms with van der Waals surface area (Å²) < 4.78 is 43.9. The topological polar surface area (TPSA) is 575 Å². The second-order valence-corrected chi connectivity index (χ2v) is 29.9. The number of aromatic hydroxyl groups is 3. The van der Waals surface area contributed by atoms with Crippen molar-refractivity contribution in [3.8, 4) is 57.1 Å². The molecule has 11 bridgehead atoms. The number of carbonyl (C=O) groups excluding carboxylic acids is 8. The number of aliphatic hydroxyl groups excluding tert-OH is 10. The van der Waals surface area contributed by atoms with E-state index in [1.807, 2.05) is 13.8 Å². The summed E-state index contributed by atoms with van der Waals surface area (Å²) in [6.07, 6.45) is 1.48. The molecule has 37 heteroatoms. The van der Waals surface area contributed by atoms with Gasteiger partial charge >= 0.3 is 0 Å². The third kappa shape index (κ3) is 29.4. The number of aryl methyl sites for hydroxylation is 2. The number of benzene rings is 5. The summed E-state index contributed by atoms with van der Waals surface area (Å²) in [6.45, 7) is 14.8. The molecule has 13 rings (SSSR count). The van der Waals surface area contributed by atoms with Gasteiger partial charge in [-0.05, 0) is 180 Å². The van der Waals surface area contributed by atoms with Crippen molar-refractivity contribution in [2.75, 3.05) is 104 Å². The largest absolute Gasteiger partial charge is 0.508 e. The summed E-state index contributed by atoms with van der Waals surface area (Å²) in [5.41, 5.74) is 6.46. The molecule has 16 unspecified atom stereocenters. The van der Waals surface area contributed by atoms with Gasteiger partial charge in [0.2, 0.25) is 47.1 Å². The SMILES string of the molecule is CO.CO.CO.CO.COC.COC1OC(CO)C(O)C(O)C1C.COc1c2cc3cc1Oc1ccc(cc1C)C(O)C(NC(=O)C(CC(C)C)N(C)C)C(=O)NC(CC(N)=O)C(=O)NC3C(=O)NC1C(=O)NC(C(=O)NC(C(C)=O)c3cc(O)c(C)c(O)c3-c3cc1ccc3O)C(C)c1ccc(c(C)c1)O2.OCC1CCCCO1.OCC1CCCCO1. The van der Waals surface area contributed by atoms with Crippen molar-refractivity contribution in [2.24, 2.45) is 17.6 Å². The standard InChI is InChI=1S/C60H68N8O15.C8H16O5.2C6H12O2.C2H6O.4CH4O/c1-25(2)17-38(68(8)9)56(76)67-51-53(74)33-13-16-42(27(4)19-33)83-44-22-34-21-43(54(44)81-10)82-41-15-12-31(18-26(41)3)28(5)47-57(77)64-48(30(7)69)36-23-40(71)29(6)52(73)46(36)35-20-32(11-14-39(35)70)49(58(78)63-47)66-59(79)50(34)65-55(75)37(24-45(61)72)62-60(51)80;1-4-6(10)7(11)5(3-9)13-8(4)12-2;2*7-5-6-3-1-2-4-8-6;1-3-2;4*1-2/h11-16,18-23,25,28,37-38,47-51,53,70-71,73-74H,17,24H2,1-10H3,(H2,61,72)(H,62,80)(H,63,78)(H,64,77)(H,65,75)(H,66,79)(H,67,76);4-11H,3H2,1-2H3;2*6-7H,1-5H2;1-2H3;4*2H,1H3. The van der Waals surface area contributed by atoms with E-state index in [1.165, 1.54) is 95.5 Å². The quantitative estimate of drug-likeness (QED) is 0.0805. The number of carbonyl (C=O) groups is 8. The van der Waals surface area contributed by atoms with E-state index < -0.39 is 150 Å². The average molecular weight is 1740 g/mol. The number of fused-ring (bicyclic) bond motifs is 15. The Hall–Kier alpha value is -9.78. The van der Waals surface area contributed by atoms with Crippen LogP contribution in [0.4, 0.5) is 0 Å². The van der Waals surface area contributed by atoms with Gasteiger partial charge in [-0.1, -0.05) is 52.0 Å². The zero-order chi connectivity index (χ0) is 93.0. The number of phenolic OH excluding ortho intramolecular Hbond substituents is 3. The van der Waals surface area contributed by atoms with Crippen molar-refractivity contribution >= 4 is 47.1 Å². The molecule has 8 aliphatic heterocycles. The molecule has 0 saturated carbocycles. The van der Waals surface area contributed by atoms with Crippen molar-refractivity contribution < 1.29 is 143 Å². The number of amides is 7. The van der Waals surface area contributed by atoms with Gasteiger partial charge < -0.3 is 142 Å². The normalized spacial score (nSPS) is 24.1. The van der Waals surface area contributed by atoms with E-state index in [1.54, 1.807) is 79.1 Å². The number of Topliss-reactive ketones (excluding diaryl/α,β-unsaturated/α-hetero) is 1. The Balaban J connectivity index is 0.000000799. The van der Waals surface area contributed by atoms with Crippen molar-refractivity contribution in [2.45, 2.75) is 198 Å². The Morgan fingerprint density at radius 3 is 1.58 bits per heavy atom. The Labute approximate surface area is 717 Å². The summed E-state index contributed by atoms with van der Waals surface area (Å²) in [6, 6.07) is 5.55. The predicted octanol–water partition coefficient (Wildman–Crippen LogP) is 2.73. The lowest BCUT2D eigenvalue weighted by molar-refractivity contribution is -0.274. The fourth-order valence-corrected chi connectivity index (χ4v) is 14.0. The molecule has 7 amide bonds. The summed E-state index contributed by atoms with van der Waals surface area (Å²) >= 11 is 0. The van der Waals surface area contributed by atoms with Crippen molar-refractivity contribution in [3.63, 3.8) is 0 Å². The number of primary amides is 1. The summed E-state index contributed by atoms with van der Waals surface area (Å²) in [7, 11) is 13.4. The molecule has 8 aliphatic rings. The molecule has 0 aliphatic carbocycles. The highest BCUT2D eigenvalue weighted by atomic mass is 16.7. The van der Waals surface area contributed by atoms with Crippen molar-refractivity contribution in [1.29, 1.82) is 0 Å². The van der Waals surface area contributed by atoms with Gasteiger partial charge in [0, 0.05) is 91.5 Å². The number of hydrogen-bond acceptors (Lipinski definition) is 30. The number of phenols is 3. The van der Waals surface area contributed by atoms with Gasteiger partial charge in [0.15, 0.2) is 23.6 Å². The lowest BCUT2D eigenvalue weighted by Crippen LogP contribution is -2.59. The minimum absolute atomic E-state index is 0.0183. The molecule has 123 heavy (non-hydrogen) atoms. The maximum atomic E-state index is 15.7. The second-order valence-electron chi connectivity index (χ2n) is 29.9. The predicted molar refractivity (Wildman–Crippen MR) is 451 cm³/mol. The van der Waals surface area contributed by atoms with Crippen LogP contribution < -0.4 is 51.8 Å². The molecule has 3 fully saturated rings. The highest BCUT2D eigenvalue weighted by molar-refractivity contribution is 6.01. The fourth-order valence-electron chi connectivity index (χ4n) is 14.0. The molecule has 0 spiro atoms. The Bertz CT molecular complexity index is 4160. The van der Waals surface area contributed by atoms with Crippen molar-refractivity contribution in [3.05, 3.63) is 117 Å². The smallest absolute Gasteiger partial charge is 0.248 e. The first-order chi connectivity index (χ1) is 58.6. The van der Waals surface area contributed by atoms with E-state index in [9.17, 15) is 54.6 Å². The molecule has 16 atom stereocenters. The van der Waals surface area contributed by atoms with E-state index in [0.29, 0.717) is 23.1 Å². The Kier molecular flexibility index (Phi) is 46.6. The molecule has 21 N–H and O–H groups in total. The number of nitrogens with one attached hydrogen (secondary N) is 6. The monoisotopic (exact) mass is 1740 g/mol. The Morgan fingerprint density at radius 1 is 0.602 bits per heavy atom. The van der Waals surface area contributed by atoms with Gasteiger partial charge in [-0.15, -0.1) is 0 Å². The minimum Gasteiger partial charge on any atom is -0.508 e. The Morgan fingerprint density at radius 2 is 1.11 bits per heavy atom. The molecule has 0 aromatic heterocycles. The average Bonchev–Trinajstić information content (AvgIpc) is 0.758. The van der Waals surface area contributed by atoms with E-state index in [0.717, 1.165) is 67.3 Å². The molecule has 3 saturated heterocycles. The van der Waals surface area contributed by atoms with Crippen LogP contribution in [0.1, 0.15) is 161 Å². The zero-order valence-corrected chi connectivity index (χ0v) is 73.3. The van der Waals surface area contributed by atoms with Crippen LogP contribution in [0.15, 0.2) is 72.8 Å². The maximum Gasteiger partial charge on any atom is 0.248 e. The fraction of sp³-hybridized carbons (Fsp3) is 0.558. The molecule has 37 nitrogen and oxygen atoms in total. The molecule has 5 aromatic rings. The highest BCUT2D eigenvalue weighted by Crippen LogP contribution is 2.49. The van der Waals surface area contributed by atoms with E-state index in [4.69, 9.17) is 74.6 Å². The molecule has 5 aromatic carbocycles. The van der Waals surface area contributed by atoms with Gasteiger partial charge in [0.25, 0.3) is 0 Å². The number of likely N-dealkylation sites (N-methyl/N-ethyl adjacent to an activating group) is 1. The number of nitrogens with zero attached hydrogens (tertiary/aromatic N) is 1. The third-order valence-electron chi connectivity index (χ3n) is 20.6. The van der Waals surface area contributed by atoms with Crippen LogP contribution in [0.25, 0.3) is 11.1 Å². The molecule has 0 radical (unpaired) electrons. The number of nitrogens with two attached hydrogens (primary N) is 1. The van der Waals surface area contributed by atoms with Crippen LogP contribution in [0.5, 0.6) is 46.0 Å². The lowest BCUT2D eigenvalue weighted by atomic mass is 9.86. The number of ketones is 1. The lowest BCUT2D eigenvalue weighted by Gasteiger charge is -2.40. The van der Waals surface area contributed by atoms with Crippen LogP contribution in [0.3, 0.4) is 0 Å². The summed E-state index contributed by atoms with van der Waals surface area (Å²) in [5.74, 6) is -10.4. The first-order valence-corrected chi connectivity index (χ1v) is 40.0. The number of ether oxygens (including phenoxy) is 8. The van der Waals surface area contributed by atoms with E-state index >= 15 is 14.4 Å². The molecule has 688 valence electrons. The van der Waals surface area contributed by atoms with Crippen LogP contribution in [-0.4, -0.2) is 283 Å². The number of rotatable bonds is 13. The van der Waals surface area contributed by atoms with Gasteiger partial charge in [-0.3, -0.25) is 43.3 Å². The van der Waals surface area contributed by atoms with Gasteiger partial charge in [-0.2, -0.15) is 0 Å². The summed E-state index contributed by atoms with van der Waals surface area (Å²) in [5, 5.41) is 135. The van der Waals surface area contributed by atoms with Crippen LogP contribution >= 0.6 is 0 Å². The molecule has 8 heterocycles. The molecular weight excluding hydrogens is 1610 g/mol. The van der Waals surface area contributed by atoms with Gasteiger partial charge in [0.1, 0.15) is 83.3 Å². The van der Waals surface area contributed by atoms with Crippen LogP contribution in [0, 0.1) is 32.6 Å². The zero-order valence-electron chi connectivity index (χ0n) is 73.3. The van der Waals surface area contributed by atoms with Crippen LogP contribution in [0.2, 0.25) is 0 Å². The minimum atomic E-state index is -1.97. The van der Waals surface area contributed by atoms with Gasteiger partial charge in [-0.25, -0.2) is 0 Å². The van der Waals surface area contributed by atoms with Crippen molar-refractivity contribution in [1.82, 2.24) is 36.8 Å². The second kappa shape index (κ2) is 53.4. The number of methoxy groups -OCH3 is 3. The highest BCUT2D eigenvalue weighted by Gasteiger charge is 2.44. The number of hydrogen-bond donors (Lipinski definition) is 20. The first-order valence-electron chi connectivity index (χ1n) is 40.0. The van der Waals surface area contributed by atoms with E-state index in [2.05, 4.69) is 36.6 Å². The van der Waals surface area contributed by atoms with Gasteiger partial charge in [0.05, 0.1) is 57.7 Å². The molecular formula is C86H130N8O29. The third-order valence-corrected chi connectivity index (χ3v) is 20.6. The van der Waals surface area contributed by atoms with Crippen LogP contribution in [-0.2, 0) is 62.0 Å². The first kappa shape index (κ1) is 107. The maximum absolute atomic E-state index is 15.7. The number of aliphatic hydroxyl groups is 10. The van der Waals surface area contributed by atoms with E-state index in [-0.39, 0.29) is 112 Å².